The Balaban J connectivity index is 3.13. The zero-order chi connectivity index (χ0) is 13.9. The molecule has 0 aliphatic heterocycles. The molecule has 0 aromatic heterocycles. The monoisotopic (exact) mass is 315 g/mol. The predicted octanol–water partition coefficient (Wildman–Crippen LogP) is 3.38. The maximum atomic E-state index is 11.9. The van der Waals surface area contributed by atoms with Gasteiger partial charge in [0, 0.05) is 5.69 Å². The molecule has 1 rings (SSSR count). The van der Waals surface area contributed by atoms with Crippen molar-refractivity contribution in [2.45, 2.75) is 39.9 Å². The Bertz CT molecular complexity index is 444. The molecule has 0 atom stereocenters. The fourth-order valence-electron chi connectivity index (χ4n) is 1.40. The van der Waals surface area contributed by atoms with E-state index in [9.17, 15) is 4.79 Å². The molecule has 4 nitrogen and oxygen atoms in total. The van der Waals surface area contributed by atoms with Crippen LogP contribution in [0.15, 0.2) is 16.6 Å². The first-order valence-electron chi connectivity index (χ1n) is 5.78. The molecule has 0 spiro atoms. The summed E-state index contributed by atoms with van der Waals surface area (Å²) in [6, 6.07) is 3.37. The standard InChI is InChI=1S/C13H18BrNO3/c1-7(2)17-10-6-5-9(15)11(12(10)14)13(16)18-8(3)4/h5-8H,15H2,1-4H3. The van der Waals surface area contributed by atoms with Gasteiger partial charge in [-0.15, -0.1) is 0 Å². The SMILES string of the molecule is CC(C)OC(=O)c1c(N)ccc(OC(C)C)c1Br. The number of benzene rings is 1. The van der Waals surface area contributed by atoms with Crippen molar-refractivity contribution in [2.75, 3.05) is 5.73 Å². The fraction of sp³-hybridized carbons (Fsp3) is 0.462. The maximum absolute atomic E-state index is 11.9. The molecule has 100 valence electrons. The largest absolute Gasteiger partial charge is 0.490 e. The van der Waals surface area contributed by atoms with Crippen molar-refractivity contribution in [1.82, 2.24) is 0 Å². The second-order valence-electron chi connectivity index (χ2n) is 4.46. The van der Waals surface area contributed by atoms with Crippen LogP contribution in [-0.4, -0.2) is 18.2 Å². The van der Waals surface area contributed by atoms with Gasteiger partial charge in [-0.2, -0.15) is 0 Å². The number of hydrogen-bond donors (Lipinski definition) is 1. The summed E-state index contributed by atoms with van der Waals surface area (Å²) >= 11 is 3.35. The lowest BCUT2D eigenvalue weighted by atomic mass is 10.1. The van der Waals surface area contributed by atoms with Crippen LogP contribution in [0.2, 0.25) is 0 Å². The van der Waals surface area contributed by atoms with Gasteiger partial charge < -0.3 is 15.2 Å². The molecule has 0 aliphatic rings. The second-order valence-corrected chi connectivity index (χ2v) is 5.26. The van der Waals surface area contributed by atoms with Crippen molar-refractivity contribution < 1.29 is 14.3 Å². The van der Waals surface area contributed by atoms with E-state index in [0.717, 1.165) is 0 Å². The van der Waals surface area contributed by atoms with Crippen LogP contribution in [0.4, 0.5) is 5.69 Å². The summed E-state index contributed by atoms with van der Waals surface area (Å²) in [7, 11) is 0. The zero-order valence-corrected chi connectivity index (χ0v) is 12.6. The van der Waals surface area contributed by atoms with Crippen LogP contribution in [0.3, 0.4) is 0 Å². The number of anilines is 1. The van der Waals surface area contributed by atoms with Crippen LogP contribution >= 0.6 is 15.9 Å². The minimum Gasteiger partial charge on any atom is -0.490 e. The van der Waals surface area contributed by atoms with E-state index < -0.39 is 5.97 Å². The summed E-state index contributed by atoms with van der Waals surface area (Å²) in [6.45, 7) is 7.40. The van der Waals surface area contributed by atoms with Crippen molar-refractivity contribution >= 4 is 27.6 Å². The summed E-state index contributed by atoms with van der Waals surface area (Å²) in [5, 5.41) is 0. The van der Waals surface area contributed by atoms with Crippen molar-refractivity contribution in [1.29, 1.82) is 0 Å². The number of nitrogens with two attached hydrogens (primary N) is 1. The van der Waals surface area contributed by atoms with Crippen LogP contribution in [0.1, 0.15) is 38.1 Å². The van der Waals surface area contributed by atoms with E-state index in [4.69, 9.17) is 15.2 Å². The van der Waals surface area contributed by atoms with Crippen LogP contribution in [-0.2, 0) is 4.74 Å². The molecule has 1 aromatic carbocycles. The second kappa shape index (κ2) is 6.09. The molecule has 0 heterocycles. The number of nitrogen functional groups attached to an aromatic ring is 1. The molecule has 18 heavy (non-hydrogen) atoms. The lowest BCUT2D eigenvalue weighted by Crippen LogP contribution is -2.15. The molecule has 5 heteroatoms. The molecule has 0 radical (unpaired) electrons. The molecule has 0 amide bonds. The summed E-state index contributed by atoms with van der Waals surface area (Å²) in [6.07, 6.45) is -0.183. The Morgan fingerprint density at radius 1 is 1.22 bits per heavy atom. The lowest BCUT2D eigenvalue weighted by molar-refractivity contribution is 0.0377. The molecular weight excluding hydrogens is 298 g/mol. The number of halogens is 1. The van der Waals surface area contributed by atoms with E-state index in [-0.39, 0.29) is 12.2 Å². The molecule has 0 bridgehead atoms. The minimum absolute atomic E-state index is 0.0129. The molecule has 0 saturated heterocycles. The summed E-state index contributed by atoms with van der Waals surface area (Å²) in [4.78, 5) is 11.9. The third-order valence-electron chi connectivity index (χ3n) is 2.05. The lowest BCUT2D eigenvalue weighted by Gasteiger charge is -2.16. The first kappa shape index (κ1) is 14.8. The average Bonchev–Trinajstić information content (AvgIpc) is 2.21. The van der Waals surface area contributed by atoms with Gasteiger partial charge in [0.15, 0.2) is 0 Å². The van der Waals surface area contributed by atoms with Gasteiger partial charge in [0.05, 0.1) is 16.7 Å². The van der Waals surface area contributed by atoms with Crippen molar-refractivity contribution in [3.63, 3.8) is 0 Å². The van der Waals surface area contributed by atoms with Gasteiger partial charge in [-0.25, -0.2) is 4.79 Å². The quantitative estimate of drug-likeness (QED) is 0.683. The summed E-state index contributed by atoms with van der Waals surface area (Å²) in [5.41, 5.74) is 6.48. The van der Waals surface area contributed by atoms with Gasteiger partial charge in [0.25, 0.3) is 0 Å². The van der Waals surface area contributed by atoms with Gasteiger partial charge in [-0.05, 0) is 55.8 Å². The number of rotatable bonds is 4. The Labute approximate surface area is 116 Å². The number of carbonyl (C=O) groups excluding carboxylic acids is 1. The summed E-state index contributed by atoms with van der Waals surface area (Å²) < 4.78 is 11.3. The highest BCUT2D eigenvalue weighted by Crippen LogP contribution is 2.34. The molecule has 2 N–H and O–H groups in total. The van der Waals surface area contributed by atoms with Gasteiger partial charge in [-0.3, -0.25) is 0 Å². The van der Waals surface area contributed by atoms with Crippen molar-refractivity contribution in [3.05, 3.63) is 22.2 Å². The van der Waals surface area contributed by atoms with Crippen LogP contribution in [0.25, 0.3) is 0 Å². The number of carbonyl (C=O) groups is 1. The molecular formula is C13H18BrNO3. The van der Waals surface area contributed by atoms with E-state index in [1.807, 2.05) is 13.8 Å². The van der Waals surface area contributed by atoms with Gasteiger partial charge in [-0.1, -0.05) is 0 Å². The van der Waals surface area contributed by atoms with Gasteiger partial charge in [0.2, 0.25) is 0 Å². The van der Waals surface area contributed by atoms with Crippen LogP contribution in [0.5, 0.6) is 5.75 Å². The normalized spacial score (nSPS) is 10.8. The molecule has 0 unspecified atom stereocenters. The average molecular weight is 316 g/mol. The number of esters is 1. The molecule has 0 aliphatic carbocycles. The first-order valence-corrected chi connectivity index (χ1v) is 6.57. The Kier molecular flexibility index (Phi) is 5.02. The first-order chi connectivity index (χ1) is 8.32. The third kappa shape index (κ3) is 3.63. The van der Waals surface area contributed by atoms with Crippen LogP contribution in [0, 0.1) is 0 Å². The van der Waals surface area contributed by atoms with E-state index in [2.05, 4.69) is 15.9 Å². The van der Waals surface area contributed by atoms with E-state index in [1.54, 1.807) is 26.0 Å². The highest BCUT2D eigenvalue weighted by atomic mass is 79.9. The topological polar surface area (TPSA) is 61.5 Å². The predicted molar refractivity (Wildman–Crippen MR) is 74.9 cm³/mol. The summed E-state index contributed by atoms with van der Waals surface area (Å²) in [5.74, 6) is 0.124. The van der Waals surface area contributed by atoms with E-state index in [1.165, 1.54) is 0 Å². The number of hydrogen-bond acceptors (Lipinski definition) is 4. The fourth-order valence-corrected chi connectivity index (χ4v) is 2.01. The highest BCUT2D eigenvalue weighted by Gasteiger charge is 2.20. The molecule has 0 saturated carbocycles. The smallest absolute Gasteiger partial charge is 0.341 e. The zero-order valence-electron chi connectivity index (χ0n) is 11.0. The minimum atomic E-state index is -0.455. The Morgan fingerprint density at radius 3 is 2.33 bits per heavy atom. The van der Waals surface area contributed by atoms with E-state index in [0.29, 0.717) is 21.5 Å². The molecule has 0 fully saturated rings. The maximum Gasteiger partial charge on any atom is 0.341 e. The Hall–Kier alpha value is -1.23. The van der Waals surface area contributed by atoms with Crippen molar-refractivity contribution in [2.24, 2.45) is 0 Å². The highest BCUT2D eigenvalue weighted by molar-refractivity contribution is 9.10. The molecule has 1 aromatic rings. The van der Waals surface area contributed by atoms with E-state index >= 15 is 0 Å². The van der Waals surface area contributed by atoms with Crippen LogP contribution < -0.4 is 10.5 Å². The van der Waals surface area contributed by atoms with Gasteiger partial charge in [0.1, 0.15) is 11.3 Å². The van der Waals surface area contributed by atoms with Crippen molar-refractivity contribution in [3.8, 4) is 5.75 Å². The van der Waals surface area contributed by atoms with Gasteiger partial charge >= 0.3 is 5.97 Å². The number of ether oxygens (including phenoxy) is 2. The Morgan fingerprint density at radius 2 is 1.83 bits per heavy atom. The third-order valence-corrected chi connectivity index (χ3v) is 2.84.